The van der Waals surface area contributed by atoms with E-state index in [1.165, 1.54) is 5.56 Å². The lowest BCUT2D eigenvalue weighted by molar-refractivity contribution is -0.141. The molecule has 2 aromatic rings. The molecule has 7 nitrogen and oxygen atoms in total. The summed E-state index contributed by atoms with van der Waals surface area (Å²) in [5, 5.41) is 3.19. The van der Waals surface area contributed by atoms with Crippen LogP contribution in [0.25, 0.3) is 0 Å². The number of ether oxygens (including phenoxy) is 1. The molecule has 2 aliphatic heterocycles. The van der Waals surface area contributed by atoms with Gasteiger partial charge in [-0.3, -0.25) is 9.59 Å². The zero-order valence-electron chi connectivity index (χ0n) is 21.3. The van der Waals surface area contributed by atoms with E-state index in [4.69, 9.17) is 4.74 Å². The van der Waals surface area contributed by atoms with Crippen LogP contribution in [0.4, 0.5) is 0 Å². The van der Waals surface area contributed by atoms with E-state index in [2.05, 4.69) is 36.3 Å². The fraction of sp³-hybridized carbons (Fsp3) is 0.607. The number of aryl methyl sites for hydroxylation is 1. The zero-order valence-corrected chi connectivity index (χ0v) is 21.3. The van der Waals surface area contributed by atoms with Crippen molar-refractivity contribution >= 4 is 11.8 Å². The third-order valence-electron chi connectivity index (χ3n) is 7.56. The van der Waals surface area contributed by atoms with E-state index < -0.39 is 0 Å². The second-order valence-corrected chi connectivity index (χ2v) is 10.4. The van der Waals surface area contributed by atoms with Crippen molar-refractivity contribution in [3.8, 4) is 5.75 Å². The third-order valence-corrected chi connectivity index (χ3v) is 7.56. The van der Waals surface area contributed by atoms with Crippen molar-refractivity contribution in [2.45, 2.75) is 77.7 Å². The van der Waals surface area contributed by atoms with E-state index in [-0.39, 0.29) is 23.1 Å². The van der Waals surface area contributed by atoms with Crippen LogP contribution in [0.3, 0.4) is 0 Å². The van der Waals surface area contributed by atoms with Crippen LogP contribution in [0.5, 0.6) is 5.75 Å². The summed E-state index contributed by atoms with van der Waals surface area (Å²) in [6, 6.07) is 8.29. The minimum Gasteiger partial charge on any atom is -0.493 e. The number of imidazole rings is 1. The first-order valence-corrected chi connectivity index (χ1v) is 13.3. The lowest BCUT2D eigenvalue weighted by Gasteiger charge is -2.41. The quantitative estimate of drug-likeness (QED) is 0.710. The average Bonchev–Trinajstić information content (AvgIpc) is 3.32. The standard InChI is InChI=1S/C28H40N4O3/c1-22(2)26-29-16-19-32(26)21-25(33)31-17-13-28(14-18-31)12-7-3-4-9-23-10-5-6-11-24(23)35-20-8-15-30-27(28)34/h5-6,10-11,16,19,22H,3-4,7-9,12-15,17-18,20-21H2,1-2H3,(H,30,34). The summed E-state index contributed by atoms with van der Waals surface area (Å²) in [7, 11) is 0. The molecule has 35 heavy (non-hydrogen) atoms. The first-order valence-electron chi connectivity index (χ1n) is 13.3. The molecule has 2 aliphatic rings. The number of amides is 2. The van der Waals surface area contributed by atoms with Crippen molar-refractivity contribution in [3.05, 3.63) is 48.0 Å². The number of carbonyl (C=O) groups is 2. The number of rotatable bonds is 3. The van der Waals surface area contributed by atoms with Crippen molar-refractivity contribution in [2.24, 2.45) is 5.41 Å². The second-order valence-electron chi connectivity index (χ2n) is 10.4. The summed E-state index contributed by atoms with van der Waals surface area (Å²) in [6.07, 6.45) is 11.0. The molecule has 4 rings (SSSR count). The van der Waals surface area contributed by atoms with Gasteiger partial charge in [0.1, 0.15) is 18.1 Å². The van der Waals surface area contributed by atoms with Crippen LogP contribution in [-0.4, -0.2) is 52.5 Å². The molecule has 1 saturated heterocycles. The molecule has 1 N–H and O–H groups in total. The number of likely N-dealkylation sites (tertiary alicyclic amines) is 1. The Morgan fingerprint density at radius 2 is 1.91 bits per heavy atom. The largest absolute Gasteiger partial charge is 0.493 e. The van der Waals surface area contributed by atoms with Crippen molar-refractivity contribution < 1.29 is 14.3 Å². The van der Waals surface area contributed by atoms with E-state index in [0.29, 0.717) is 32.8 Å². The molecule has 190 valence electrons. The number of fused-ring (bicyclic) bond motifs is 1. The van der Waals surface area contributed by atoms with Crippen LogP contribution in [0, 0.1) is 5.41 Å². The highest BCUT2D eigenvalue weighted by Crippen LogP contribution is 2.37. The van der Waals surface area contributed by atoms with Gasteiger partial charge in [-0.1, -0.05) is 44.9 Å². The maximum Gasteiger partial charge on any atom is 0.242 e. The van der Waals surface area contributed by atoms with Crippen molar-refractivity contribution in [1.29, 1.82) is 0 Å². The number of para-hydroxylation sites is 1. The van der Waals surface area contributed by atoms with Gasteiger partial charge in [0.05, 0.1) is 12.0 Å². The Balaban J connectivity index is 1.36. The Kier molecular flexibility index (Phi) is 8.47. The van der Waals surface area contributed by atoms with Crippen LogP contribution >= 0.6 is 0 Å². The molecule has 0 bridgehead atoms. The predicted octanol–water partition coefficient (Wildman–Crippen LogP) is 4.32. The number of nitrogens with one attached hydrogen (secondary N) is 1. The Bertz CT molecular complexity index is 992. The number of hydrogen-bond acceptors (Lipinski definition) is 4. The van der Waals surface area contributed by atoms with Gasteiger partial charge in [0.25, 0.3) is 0 Å². The highest BCUT2D eigenvalue weighted by atomic mass is 16.5. The number of carbonyl (C=O) groups excluding carboxylic acids is 2. The maximum atomic E-state index is 13.3. The molecule has 0 aliphatic carbocycles. The van der Waals surface area contributed by atoms with Crippen molar-refractivity contribution in [2.75, 3.05) is 26.2 Å². The van der Waals surface area contributed by atoms with Gasteiger partial charge < -0.3 is 19.5 Å². The topological polar surface area (TPSA) is 76.5 Å². The molecule has 1 spiro atoms. The number of nitrogens with zero attached hydrogens (tertiary/aromatic N) is 3. The van der Waals surface area contributed by atoms with E-state index in [0.717, 1.165) is 62.9 Å². The van der Waals surface area contributed by atoms with Gasteiger partial charge in [-0.05, 0) is 50.2 Å². The summed E-state index contributed by atoms with van der Waals surface area (Å²) in [4.78, 5) is 32.7. The van der Waals surface area contributed by atoms with Crippen LogP contribution in [0.2, 0.25) is 0 Å². The summed E-state index contributed by atoms with van der Waals surface area (Å²) in [5.41, 5.74) is 0.895. The Morgan fingerprint density at radius 1 is 1.11 bits per heavy atom. The normalized spacial score (nSPS) is 19.5. The molecule has 0 radical (unpaired) electrons. The molecular weight excluding hydrogens is 440 g/mol. The average molecular weight is 481 g/mol. The van der Waals surface area contributed by atoms with Gasteiger partial charge >= 0.3 is 0 Å². The lowest BCUT2D eigenvalue weighted by atomic mass is 9.73. The molecule has 0 unspecified atom stereocenters. The highest BCUT2D eigenvalue weighted by molar-refractivity contribution is 5.83. The van der Waals surface area contributed by atoms with Gasteiger partial charge in [-0.15, -0.1) is 0 Å². The van der Waals surface area contributed by atoms with Crippen molar-refractivity contribution in [1.82, 2.24) is 19.8 Å². The summed E-state index contributed by atoms with van der Waals surface area (Å²) >= 11 is 0. The fourth-order valence-corrected chi connectivity index (χ4v) is 5.43. The second kappa shape index (κ2) is 11.7. The van der Waals surface area contributed by atoms with E-state index in [1.807, 2.05) is 27.8 Å². The molecule has 2 amide bonds. The summed E-state index contributed by atoms with van der Waals surface area (Å²) < 4.78 is 7.96. The van der Waals surface area contributed by atoms with Crippen LogP contribution in [-0.2, 0) is 22.6 Å². The Hall–Kier alpha value is -2.83. The lowest BCUT2D eigenvalue weighted by Crippen LogP contribution is -2.51. The van der Waals surface area contributed by atoms with Gasteiger partial charge in [-0.2, -0.15) is 0 Å². The summed E-state index contributed by atoms with van der Waals surface area (Å²) in [6.45, 7) is 6.97. The molecule has 1 aromatic carbocycles. The van der Waals surface area contributed by atoms with Gasteiger partial charge in [0.2, 0.25) is 11.8 Å². The van der Waals surface area contributed by atoms with E-state index in [9.17, 15) is 9.59 Å². The van der Waals surface area contributed by atoms with E-state index in [1.54, 1.807) is 6.20 Å². The minimum absolute atomic E-state index is 0.108. The van der Waals surface area contributed by atoms with Crippen LogP contribution in [0.1, 0.15) is 76.1 Å². The van der Waals surface area contributed by atoms with Gasteiger partial charge in [-0.25, -0.2) is 4.98 Å². The molecule has 1 aromatic heterocycles. The molecule has 1 fully saturated rings. The minimum atomic E-state index is -0.377. The molecule has 0 saturated carbocycles. The molecular formula is C28H40N4O3. The SMILES string of the molecule is CC(C)c1nccn1CC(=O)N1CCC2(CCCCCc3ccccc3OCCCNC2=O)CC1. The number of benzene rings is 1. The number of hydrogen-bond donors (Lipinski definition) is 1. The van der Waals surface area contributed by atoms with E-state index >= 15 is 0 Å². The third kappa shape index (κ3) is 6.24. The van der Waals surface area contributed by atoms with Crippen LogP contribution in [0.15, 0.2) is 36.7 Å². The van der Waals surface area contributed by atoms with Crippen molar-refractivity contribution in [3.63, 3.8) is 0 Å². The molecule has 0 atom stereocenters. The predicted molar refractivity (Wildman–Crippen MR) is 136 cm³/mol. The number of aromatic nitrogens is 2. The first-order chi connectivity index (χ1) is 17.0. The molecule has 7 heteroatoms. The maximum absolute atomic E-state index is 13.3. The smallest absolute Gasteiger partial charge is 0.242 e. The Morgan fingerprint density at radius 3 is 2.71 bits per heavy atom. The van der Waals surface area contributed by atoms with Crippen LogP contribution < -0.4 is 10.1 Å². The first kappa shape index (κ1) is 25.3. The van der Waals surface area contributed by atoms with Gasteiger partial charge in [0, 0.05) is 37.9 Å². The monoisotopic (exact) mass is 480 g/mol. The highest BCUT2D eigenvalue weighted by Gasteiger charge is 2.41. The summed E-state index contributed by atoms with van der Waals surface area (Å²) in [5.74, 6) is 2.44. The van der Waals surface area contributed by atoms with Gasteiger partial charge in [0.15, 0.2) is 0 Å². The molecule has 3 heterocycles. The number of piperidine rings is 1. The zero-order chi connectivity index (χ0) is 24.7. The Labute approximate surface area is 209 Å². The fourth-order valence-electron chi connectivity index (χ4n) is 5.43.